The van der Waals surface area contributed by atoms with E-state index >= 15 is 0 Å². The molecule has 0 aromatic heterocycles. The van der Waals surface area contributed by atoms with Crippen molar-refractivity contribution in [2.24, 2.45) is 0 Å². The van der Waals surface area contributed by atoms with Gasteiger partial charge >= 0.3 is 5.97 Å². The SMILES string of the molecule is CCCC(O)(CCC)CC(=O)Nc1cc(C(=O)O)c(C)cc1C. The fraction of sp³-hybridized carbons (Fsp3) is 0.556. The summed E-state index contributed by atoms with van der Waals surface area (Å²) in [5.74, 6) is -1.32. The number of hydrogen-bond donors (Lipinski definition) is 3. The number of amides is 1. The van der Waals surface area contributed by atoms with Crippen molar-refractivity contribution in [2.75, 3.05) is 5.32 Å². The topological polar surface area (TPSA) is 86.6 Å². The Morgan fingerprint density at radius 1 is 1.09 bits per heavy atom. The summed E-state index contributed by atoms with van der Waals surface area (Å²) in [7, 11) is 0. The molecule has 5 nitrogen and oxygen atoms in total. The number of benzene rings is 1. The Kier molecular flexibility index (Phi) is 6.76. The highest BCUT2D eigenvalue weighted by atomic mass is 16.4. The molecule has 3 N–H and O–H groups in total. The monoisotopic (exact) mass is 321 g/mol. The molecule has 1 amide bonds. The standard InChI is InChI=1S/C18H27NO4/c1-5-7-18(23,8-6-2)11-16(20)19-15-10-14(17(21)22)12(3)9-13(15)4/h9-10,23H,5-8,11H2,1-4H3,(H,19,20)(H,21,22). The van der Waals surface area contributed by atoms with Gasteiger partial charge in [0.15, 0.2) is 0 Å². The van der Waals surface area contributed by atoms with Crippen molar-refractivity contribution in [2.45, 2.75) is 65.4 Å². The molecule has 0 aliphatic carbocycles. The molecule has 5 heteroatoms. The first kappa shape index (κ1) is 19.2. The van der Waals surface area contributed by atoms with Gasteiger partial charge in [-0.15, -0.1) is 0 Å². The number of anilines is 1. The Hall–Kier alpha value is -1.88. The van der Waals surface area contributed by atoms with E-state index in [-0.39, 0.29) is 17.9 Å². The molecule has 0 saturated carbocycles. The van der Waals surface area contributed by atoms with Gasteiger partial charge in [-0.05, 0) is 43.9 Å². The average molecular weight is 321 g/mol. The molecular weight excluding hydrogens is 294 g/mol. The van der Waals surface area contributed by atoms with Crippen LogP contribution < -0.4 is 5.32 Å². The van der Waals surface area contributed by atoms with E-state index in [2.05, 4.69) is 5.32 Å². The molecule has 128 valence electrons. The van der Waals surface area contributed by atoms with Crippen molar-refractivity contribution in [1.82, 2.24) is 0 Å². The van der Waals surface area contributed by atoms with Crippen LogP contribution in [0.2, 0.25) is 0 Å². The molecule has 0 aliphatic rings. The highest BCUT2D eigenvalue weighted by Gasteiger charge is 2.28. The molecular formula is C18H27NO4. The van der Waals surface area contributed by atoms with Crippen LogP contribution in [0.15, 0.2) is 12.1 Å². The molecule has 1 rings (SSSR count). The Labute approximate surface area is 137 Å². The maximum Gasteiger partial charge on any atom is 0.336 e. The van der Waals surface area contributed by atoms with Crippen LogP contribution in [-0.4, -0.2) is 27.7 Å². The first-order valence-electron chi connectivity index (χ1n) is 8.09. The molecule has 0 saturated heterocycles. The molecule has 23 heavy (non-hydrogen) atoms. The third-order valence-electron chi connectivity index (χ3n) is 4.00. The van der Waals surface area contributed by atoms with E-state index in [1.807, 2.05) is 20.8 Å². The van der Waals surface area contributed by atoms with E-state index in [9.17, 15) is 19.8 Å². The van der Waals surface area contributed by atoms with Crippen molar-refractivity contribution in [3.8, 4) is 0 Å². The first-order valence-corrected chi connectivity index (χ1v) is 8.09. The van der Waals surface area contributed by atoms with Gasteiger partial charge in [-0.3, -0.25) is 4.79 Å². The van der Waals surface area contributed by atoms with Crippen molar-refractivity contribution in [1.29, 1.82) is 0 Å². The first-order chi connectivity index (χ1) is 10.7. The molecule has 0 unspecified atom stereocenters. The van der Waals surface area contributed by atoms with E-state index < -0.39 is 11.6 Å². The Morgan fingerprint density at radius 3 is 2.13 bits per heavy atom. The smallest absolute Gasteiger partial charge is 0.336 e. The van der Waals surface area contributed by atoms with Crippen LogP contribution in [-0.2, 0) is 4.79 Å². The van der Waals surface area contributed by atoms with E-state index in [4.69, 9.17) is 0 Å². The van der Waals surface area contributed by atoms with Crippen molar-refractivity contribution in [3.63, 3.8) is 0 Å². The number of aliphatic hydroxyl groups is 1. The molecule has 1 aromatic rings. The number of carboxylic acids is 1. The lowest BCUT2D eigenvalue weighted by Crippen LogP contribution is -2.34. The Morgan fingerprint density at radius 2 is 1.65 bits per heavy atom. The van der Waals surface area contributed by atoms with Crippen LogP contribution in [0, 0.1) is 13.8 Å². The predicted octanol–water partition coefficient (Wildman–Crippen LogP) is 3.66. The van der Waals surface area contributed by atoms with Crippen LogP contribution in [0.1, 0.15) is 67.4 Å². The van der Waals surface area contributed by atoms with Crippen molar-refractivity contribution in [3.05, 3.63) is 28.8 Å². The van der Waals surface area contributed by atoms with Crippen molar-refractivity contribution < 1.29 is 19.8 Å². The molecule has 0 heterocycles. The lowest BCUT2D eigenvalue weighted by Gasteiger charge is -2.27. The van der Waals surface area contributed by atoms with E-state index in [0.29, 0.717) is 24.1 Å². The minimum absolute atomic E-state index is 0.0183. The highest BCUT2D eigenvalue weighted by Crippen LogP contribution is 2.26. The Bertz CT molecular complexity index is 575. The minimum atomic E-state index is -1.02. The number of carbonyl (C=O) groups is 2. The lowest BCUT2D eigenvalue weighted by molar-refractivity contribution is -0.121. The lowest BCUT2D eigenvalue weighted by atomic mass is 9.89. The minimum Gasteiger partial charge on any atom is -0.478 e. The number of carboxylic acid groups (broad SMARTS) is 1. The Balaban J connectivity index is 2.92. The third-order valence-corrected chi connectivity index (χ3v) is 4.00. The van der Waals surface area contributed by atoms with Crippen molar-refractivity contribution >= 4 is 17.6 Å². The second-order valence-corrected chi connectivity index (χ2v) is 6.24. The number of hydrogen-bond acceptors (Lipinski definition) is 3. The van der Waals surface area contributed by atoms with E-state index in [1.165, 1.54) is 6.07 Å². The van der Waals surface area contributed by atoms with Gasteiger partial charge in [-0.2, -0.15) is 0 Å². The zero-order valence-corrected chi connectivity index (χ0v) is 14.4. The highest BCUT2D eigenvalue weighted by molar-refractivity contribution is 5.96. The summed E-state index contributed by atoms with van der Waals surface area (Å²) >= 11 is 0. The summed E-state index contributed by atoms with van der Waals surface area (Å²) in [5.41, 5.74) is 1.11. The van der Waals surface area contributed by atoms with Gasteiger partial charge in [0.05, 0.1) is 17.6 Å². The number of nitrogens with one attached hydrogen (secondary N) is 1. The summed E-state index contributed by atoms with van der Waals surface area (Å²) in [6.45, 7) is 7.49. The number of aryl methyl sites for hydroxylation is 2. The largest absolute Gasteiger partial charge is 0.478 e. The fourth-order valence-electron chi connectivity index (χ4n) is 2.94. The zero-order chi connectivity index (χ0) is 17.6. The van der Waals surface area contributed by atoms with Crippen LogP contribution in [0.25, 0.3) is 0 Å². The fourth-order valence-corrected chi connectivity index (χ4v) is 2.94. The van der Waals surface area contributed by atoms with Gasteiger partial charge in [-0.25, -0.2) is 4.79 Å². The van der Waals surface area contributed by atoms with Crippen LogP contribution >= 0.6 is 0 Å². The van der Waals surface area contributed by atoms with Crippen LogP contribution in [0.4, 0.5) is 5.69 Å². The van der Waals surface area contributed by atoms with Gasteiger partial charge < -0.3 is 15.5 Å². The number of aromatic carboxylic acids is 1. The summed E-state index contributed by atoms with van der Waals surface area (Å²) in [6, 6.07) is 3.22. The molecule has 0 atom stereocenters. The molecule has 0 spiro atoms. The van der Waals surface area contributed by atoms with Gasteiger partial charge in [0.25, 0.3) is 0 Å². The van der Waals surface area contributed by atoms with Crippen LogP contribution in [0.3, 0.4) is 0 Å². The number of carbonyl (C=O) groups excluding carboxylic acids is 1. The van der Waals surface area contributed by atoms with Gasteiger partial charge in [-0.1, -0.05) is 32.8 Å². The molecule has 0 bridgehead atoms. The maximum atomic E-state index is 12.3. The normalized spacial score (nSPS) is 11.3. The summed E-state index contributed by atoms with van der Waals surface area (Å²) in [6.07, 6.45) is 2.76. The second-order valence-electron chi connectivity index (χ2n) is 6.24. The average Bonchev–Trinajstić information content (AvgIpc) is 2.41. The summed E-state index contributed by atoms with van der Waals surface area (Å²) in [4.78, 5) is 23.5. The molecule has 1 aromatic carbocycles. The second kappa shape index (κ2) is 8.11. The summed E-state index contributed by atoms with van der Waals surface area (Å²) in [5, 5.41) is 22.5. The van der Waals surface area contributed by atoms with E-state index in [0.717, 1.165) is 18.4 Å². The molecule has 0 fully saturated rings. The number of rotatable bonds is 8. The van der Waals surface area contributed by atoms with Gasteiger partial charge in [0.1, 0.15) is 0 Å². The van der Waals surface area contributed by atoms with Gasteiger partial charge in [0.2, 0.25) is 5.91 Å². The van der Waals surface area contributed by atoms with Crippen LogP contribution in [0.5, 0.6) is 0 Å². The quantitative estimate of drug-likeness (QED) is 0.682. The maximum absolute atomic E-state index is 12.3. The molecule has 0 aliphatic heterocycles. The van der Waals surface area contributed by atoms with E-state index in [1.54, 1.807) is 13.0 Å². The molecule has 0 radical (unpaired) electrons. The summed E-state index contributed by atoms with van der Waals surface area (Å²) < 4.78 is 0. The van der Waals surface area contributed by atoms with Gasteiger partial charge in [0, 0.05) is 5.69 Å². The predicted molar refractivity (Wildman–Crippen MR) is 90.9 cm³/mol. The third kappa shape index (κ3) is 5.36. The zero-order valence-electron chi connectivity index (χ0n) is 14.4.